The minimum atomic E-state index is -0.382. The van der Waals surface area contributed by atoms with Gasteiger partial charge in [-0.25, -0.2) is 0 Å². The van der Waals surface area contributed by atoms with E-state index in [0.717, 1.165) is 12.0 Å². The SMILES string of the molecule is CCOc1cc(/C=C2\SC(=S)N(CCC(=O)OC)C2=O)ccc1OCCc1ccccc1. The van der Waals surface area contributed by atoms with E-state index >= 15 is 0 Å². The van der Waals surface area contributed by atoms with E-state index in [1.54, 1.807) is 6.08 Å². The Kier molecular flexibility index (Phi) is 8.70. The van der Waals surface area contributed by atoms with Crippen LogP contribution in [-0.2, 0) is 20.7 Å². The number of ether oxygens (including phenoxy) is 3. The standard InChI is InChI=1S/C24H25NO5S2/c1-3-29-20-15-18(9-10-19(20)30-14-12-17-7-5-4-6-8-17)16-21-23(27)25(24(31)32-21)13-11-22(26)28-2/h4-10,15-16H,3,11-14H2,1-2H3/b21-16-. The number of carbonyl (C=O) groups excluding carboxylic acids is 2. The molecule has 0 bridgehead atoms. The number of methoxy groups -OCH3 is 1. The van der Waals surface area contributed by atoms with E-state index in [2.05, 4.69) is 16.9 Å². The van der Waals surface area contributed by atoms with E-state index < -0.39 is 0 Å². The Labute approximate surface area is 197 Å². The number of thiocarbonyl (C=S) groups is 1. The molecule has 2 aromatic rings. The van der Waals surface area contributed by atoms with Crippen molar-refractivity contribution in [2.45, 2.75) is 19.8 Å². The smallest absolute Gasteiger partial charge is 0.307 e. The van der Waals surface area contributed by atoms with Gasteiger partial charge < -0.3 is 14.2 Å². The Morgan fingerprint density at radius 1 is 1.12 bits per heavy atom. The molecular formula is C24H25NO5S2. The van der Waals surface area contributed by atoms with Gasteiger partial charge in [0.25, 0.3) is 5.91 Å². The summed E-state index contributed by atoms with van der Waals surface area (Å²) in [5, 5.41) is 0. The maximum absolute atomic E-state index is 12.7. The number of benzene rings is 2. The maximum atomic E-state index is 12.7. The van der Waals surface area contributed by atoms with Crippen LogP contribution in [0.5, 0.6) is 11.5 Å². The predicted octanol–water partition coefficient (Wildman–Crippen LogP) is 4.47. The van der Waals surface area contributed by atoms with Crippen molar-refractivity contribution in [3.05, 3.63) is 64.6 Å². The van der Waals surface area contributed by atoms with Gasteiger partial charge in [0, 0.05) is 13.0 Å². The topological polar surface area (TPSA) is 65.1 Å². The lowest BCUT2D eigenvalue weighted by molar-refractivity contribution is -0.140. The van der Waals surface area contributed by atoms with Gasteiger partial charge in [-0.3, -0.25) is 14.5 Å². The van der Waals surface area contributed by atoms with E-state index in [9.17, 15) is 9.59 Å². The zero-order chi connectivity index (χ0) is 22.9. The minimum Gasteiger partial charge on any atom is -0.490 e. The van der Waals surface area contributed by atoms with Crippen molar-refractivity contribution in [1.82, 2.24) is 4.90 Å². The number of carbonyl (C=O) groups is 2. The molecule has 0 saturated carbocycles. The van der Waals surface area contributed by atoms with Crippen molar-refractivity contribution in [2.24, 2.45) is 0 Å². The van der Waals surface area contributed by atoms with Crippen LogP contribution < -0.4 is 9.47 Å². The summed E-state index contributed by atoms with van der Waals surface area (Å²) in [5.41, 5.74) is 2.01. The van der Waals surface area contributed by atoms with Crippen LogP contribution in [-0.4, -0.2) is 48.0 Å². The fraction of sp³-hybridized carbons (Fsp3) is 0.292. The first kappa shape index (κ1) is 23.8. The third-order valence-corrected chi connectivity index (χ3v) is 6.08. The molecule has 32 heavy (non-hydrogen) atoms. The summed E-state index contributed by atoms with van der Waals surface area (Å²) in [4.78, 5) is 26.0. The van der Waals surface area contributed by atoms with Gasteiger partial charge in [0.05, 0.1) is 31.6 Å². The fourth-order valence-corrected chi connectivity index (χ4v) is 4.38. The van der Waals surface area contributed by atoms with Crippen LogP contribution in [0.25, 0.3) is 6.08 Å². The molecule has 0 aliphatic carbocycles. The molecule has 168 valence electrons. The molecule has 0 unspecified atom stereocenters. The van der Waals surface area contributed by atoms with Gasteiger partial charge in [-0.1, -0.05) is 60.4 Å². The first-order chi connectivity index (χ1) is 15.5. The van der Waals surface area contributed by atoms with Gasteiger partial charge >= 0.3 is 5.97 Å². The summed E-state index contributed by atoms with van der Waals surface area (Å²) in [7, 11) is 1.32. The molecule has 1 amide bonds. The van der Waals surface area contributed by atoms with Crippen molar-refractivity contribution in [3.8, 4) is 11.5 Å². The molecule has 6 nitrogen and oxygen atoms in total. The van der Waals surface area contributed by atoms with Gasteiger partial charge in [0.15, 0.2) is 11.5 Å². The van der Waals surface area contributed by atoms with Gasteiger partial charge in [-0.05, 0) is 36.3 Å². The van der Waals surface area contributed by atoms with Crippen molar-refractivity contribution in [1.29, 1.82) is 0 Å². The summed E-state index contributed by atoms with van der Waals surface area (Å²) < 4.78 is 16.8. The van der Waals surface area contributed by atoms with E-state index in [0.29, 0.717) is 33.9 Å². The normalized spacial score (nSPS) is 14.7. The molecule has 1 heterocycles. The number of thioether (sulfide) groups is 1. The largest absolute Gasteiger partial charge is 0.490 e. The highest BCUT2D eigenvalue weighted by Gasteiger charge is 2.32. The zero-order valence-corrected chi connectivity index (χ0v) is 19.7. The number of hydrogen-bond acceptors (Lipinski definition) is 7. The molecule has 1 saturated heterocycles. The second-order valence-corrected chi connectivity index (χ2v) is 8.56. The van der Waals surface area contributed by atoms with Crippen LogP contribution in [0.3, 0.4) is 0 Å². The maximum Gasteiger partial charge on any atom is 0.307 e. The highest BCUT2D eigenvalue weighted by atomic mass is 32.2. The fourth-order valence-electron chi connectivity index (χ4n) is 3.07. The van der Waals surface area contributed by atoms with Crippen molar-refractivity contribution in [2.75, 3.05) is 26.9 Å². The molecule has 2 aromatic carbocycles. The molecule has 0 aromatic heterocycles. The monoisotopic (exact) mass is 471 g/mol. The molecule has 1 aliphatic rings. The first-order valence-electron chi connectivity index (χ1n) is 10.3. The Bertz CT molecular complexity index is 1010. The lowest BCUT2D eigenvalue weighted by atomic mass is 10.1. The molecule has 3 rings (SSSR count). The van der Waals surface area contributed by atoms with Gasteiger partial charge in [-0.15, -0.1) is 0 Å². The van der Waals surface area contributed by atoms with E-state index in [1.165, 1.54) is 29.3 Å². The van der Waals surface area contributed by atoms with Gasteiger partial charge in [0.1, 0.15) is 4.32 Å². The first-order valence-corrected chi connectivity index (χ1v) is 11.5. The number of nitrogens with zero attached hydrogens (tertiary/aromatic N) is 1. The zero-order valence-electron chi connectivity index (χ0n) is 18.0. The Morgan fingerprint density at radius 3 is 2.62 bits per heavy atom. The predicted molar refractivity (Wildman–Crippen MR) is 130 cm³/mol. The quantitative estimate of drug-likeness (QED) is 0.288. The van der Waals surface area contributed by atoms with Crippen molar-refractivity contribution < 1.29 is 23.8 Å². The summed E-state index contributed by atoms with van der Waals surface area (Å²) >= 11 is 6.52. The van der Waals surface area contributed by atoms with E-state index in [-0.39, 0.29) is 24.8 Å². The highest BCUT2D eigenvalue weighted by molar-refractivity contribution is 8.26. The molecule has 8 heteroatoms. The molecule has 1 fully saturated rings. The second kappa shape index (κ2) is 11.7. The lowest BCUT2D eigenvalue weighted by Gasteiger charge is -2.13. The van der Waals surface area contributed by atoms with Crippen molar-refractivity contribution in [3.63, 3.8) is 0 Å². The average Bonchev–Trinajstić information content (AvgIpc) is 3.06. The van der Waals surface area contributed by atoms with Crippen LogP contribution in [0, 0.1) is 0 Å². The Hall–Kier alpha value is -2.84. The summed E-state index contributed by atoms with van der Waals surface area (Å²) in [5.74, 6) is 0.679. The molecule has 0 spiro atoms. The average molecular weight is 472 g/mol. The molecule has 0 atom stereocenters. The Morgan fingerprint density at radius 2 is 1.91 bits per heavy atom. The number of rotatable bonds is 10. The third-order valence-electron chi connectivity index (χ3n) is 4.70. The number of hydrogen-bond donors (Lipinski definition) is 0. The highest BCUT2D eigenvalue weighted by Crippen LogP contribution is 2.35. The van der Waals surface area contributed by atoms with Gasteiger partial charge in [0.2, 0.25) is 0 Å². The van der Waals surface area contributed by atoms with Gasteiger partial charge in [-0.2, -0.15) is 0 Å². The summed E-state index contributed by atoms with van der Waals surface area (Å²) in [6.07, 6.45) is 2.66. The third kappa shape index (κ3) is 6.34. The molecule has 0 N–H and O–H groups in total. The van der Waals surface area contributed by atoms with Crippen LogP contribution in [0.15, 0.2) is 53.4 Å². The molecule has 0 radical (unpaired) electrons. The van der Waals surface area contributed by atoms with Crippen LogP contribution >= 0.6 is 24.0 Å². The number of amides is 1. The van der Waals surface area contributed by atoms with E-state index in [4.69, 9.17) is 21.7 Å². The van der Waals surface area contributed by atoms with Crippen LogP contribution in [0.1, 0.15) is 24.5 Å². The van der Waals surface area contributed by atoms with Crippen molar-refractivity contribution >= 4 is 46.3 Å². The van der Waals surface area contributed by atoms with Crippen LogP contribution in [0.2, 0.25) is 0 Å². The molecule has 1 aliphatic heterocycles. The summed E-state index contributed by atoms with van der Waals surface area (Å²) in [6.45, 7) is 3.14. The van der Waals surface area contributed by atoms with E-state index in [1.807, 2.05) is 43.3 Å². The summed E-state index contributed by atoms with van der Waals surface area (Å²) in [6, 6.07) is 15.7. The minimum absolute atomic E-state index is 0.0969. The number of esters is 1. The lowest BCUT2D eigenvalue weighted by Crippen LogP contribution is -2.30. The Balaban J connectivity index is 1.69. The second-order valence-electron chi connectivity index (χ2n) is 6.88. The van der Waals surface area contributed by atoms with Crippen LogP contribution in [0.4, 0.5) is 0 Å². The molecular weight excluding hydrogens is 446 g/mol.